The molecule has 56 valence electrons. The molecule has 1 heterocycles. The number of benzene rings is 1. The van der Waals surface area contributed by atoms with Gasteiger partial charge < -0.3 is 0 Å². The Morgan fingerprint density at radius 3 is 3.00 bits per heavy atom. The van der Waals surface area contributed by atoms with Crippen molar-refractivity contribution in [3.8, 4) is 0 Å². The first kappa shape index (κ1) is 6.55. The molecule has 0 amide bonds. The summed E-state index contributed by atoms with van der Waals surface area (Å²) < 4.78 is 0. The number of para-hydroxylation sites is 1. The molecule has 11 heavy (non-hydrogen) atoms. The lowest BCUT2D eigenvalue weighted by Gasteiger charge is -1.96. The number of nitrogens with zero attached hydrogens (tertiary/aromatic N) is 3. The lowest BCUT2D eigenvalue weighted by molar-refractivity contribution is 0.788. The fourth-order valence-corrected chi connectivity index (χ4v) is 1.15. The topological polar surface area (TPSA) is 42.7 Å². The molecule has 2 aromatic rings. The van der Waals surface area contributed by atoms with Crippen molar-refractivity contribution in [2.45, 2.75) is 0 Å². The highest BCUT2D eigenvalue weighted by molar-refractivity contribution is 7.17. The fourth-order valence-electron chi connectivity index (χ4n) is 0.964. The Morgan fingerprint density at radius 2 is 2.18 bits per heavy atom. The summed E-state index contributed by atoms with van der Waals surface area (Å²) in [6, 6.07) is 7.75. The van der Waals surface area contributed by atoms with Crippen molar-refractivity contribution >= 4 is 20.4 Å². The summed E-state index contributed by atoms with van der Waals surface area (Å²) in [4.78, 5) is 1.60. The second-order valence-electron chi connectivity index (χ2n) is 2.12. The zero-order valence-corrected chi connectivity index (χ0v) is 6.88. The van der Waals surface area contributed by atoms with Crippen molar-refractivity contribution in [1.29, 1.82) is 0 Å². The van der Waals surface area contributed by atoms with Crippen LogP contribution < -0.4 is 5.20 Å². The summed E-state index contributed by atoms with van der Waals surface area (Å²) in [5, 5.41) is 10.6. The smallest absolute Gasteiger partial charge is 0.115 e. The Hall–Kier alpha value is -1.15. The average molecular weight is 166 g/mol. The lowest BCUT2D eigenvalue weighted by atomic mass is 10.3. The quantitative estimate of drug-likeness (QED) is 0.636. The number of hydrogen-bond acceptors (Lipinski definition) is 3. The molecule has 0 radical (unpaired) electrons. The van der Waals surface area contributed by atoms with Gasteiger partial charge in [-0.1, -0.05) is 12.1 Å². The Balaban J connectivity index is 2.76. The molecule has 4 nitrogen and oxygen atoms in total. The number of rotatable bonds is 1. The van der Waals surface area contributed by atoms with Gasteiger partial charge in [-0.15, -0.1) is 5.10 Å². The van der Waals surface area contributed by atoms with Gasteiger partial charge in [-0.3, -0.25) is 5.20 Å². The Morgan fingerprint density at radius 1 is 1.36 bits per heavy atom. The number of nitrogens with one attached hydrogen (secondary N) is 1. The van der Waals surface area contributed by atoms with Crippen LogP contribution in [-0.2, 0) is 0 Å². The van der Waals surface area contributed by atoms with E-state index in [2.05, 4.69) is 24.9 Å². The van der Waals surface area contributed by atoms with Crippen LogP contribution in [0.25, 0.3) is 11.0 Å². The van der Waals surface area contributed by atoms with Crippen LogP contribution in [0, 0.1) is 0 Å². The molecule has 0 spiro atoms. The van der Waals surface area contributed by atoms with Gasteiger partial charge in [0.05, 0.1) is 0 Å². The number of aromatic nitrogens is 3. The predicted molar refractivity (Wildman–Crippen MR) is 46.6 cm³/mol. The third kappa shape index (κ3) is 0.955. The Kier molecular flexibility index (Phi) is 1.47. The summed E-state index contributed by atoms with van der Waals surface area (Å²) in [5.74, 6) is 0. The van der Waals surface area contributed by atoms with Gasteiger partial charge in [0.15, 0.2) is 0 Å². The van der Waals surface area contributed by atoms with Crippen molar-refractivity contribution < 1.29 is 0 Å². The van der Waals surface area contributed by atoms with Gasteiger partial charge in [-0.2, -0.15) is 4.79 Å². The van der Waals surface area contributed by atoms with Crippen LogP contribution >= 0.6 is 9.39 Å². The van der Waals surface area contributed by atoms with Gasteiger partial charge in [0.2, 0.25) is 0 Å². The monoisotopic (exact) mass is 166 g/mol. The van der Waals surface area contributed by atoms with E-state index in [0.29, 0.717) is 0 Å². The first-order valence-electron chi connectivity index (χ1n) is 3.19. The third-order valence-electron chi connectivity index (χ3n) is 1.47. The van der Waals surface area contributed by atoms with Crippen LogP contribution in [-0.4, -0.2) is 15.1 Å². The van der Waals surface area contributed by atoms with Crippen molar-refractivity contribution in [2.75, 3.05) is 5.20 Å². The molecule has 0 saturated carbocycles. The molecule has 1 aromatic heterocycles. The van der Waals surface area contributed by atoms with Gasteiger partial charge >= 0.3 is 0 Å². The van der Waals surface area contributed by atoms with Gasteiger partial charge in [-0.25, -0.2) is 0 Å². The lowest BCUT2D eigenvalue weighted by Crippen LogP contribution is -2.03. The highest BCUT2D eigenvalue weighted by Crippen LogP contribution is 2.07. The molecule has 2 rings (SSSR count). The van der Waals surface area contributed by atoms with Crippen LogP contribution in [0.4, 0.5) is 0 Å². The highest BCUT2D eigenvalue weighted by atomic mass is 31.0. The second-order valence-corrected chi connectivity index (χ2v) is 2.38. The molecule has 0 saturated heterocycles. The first-order valence-corrected chi connectivity index (χ1v) is 3.76. The minimum Gasteiger partial charge on any atom is -0.293 e. The molecule has 1 unspecified atom stereocenters. The summed E-state index contributed by atoms with van der Waals surface area (Å²) in [5.41, 5.74) is 1.87. The summed E-state index contributed by atoms with van der Waals surface area (Å²) in [6.45, 7) is 0. The molecular formula is C6H7N4P. The average Bonchev–Trinajstić information content (AvgIpc) is 2.47. The van der Waals surface area contributed by atoms with Gasteiger partial charge in [0.1, 0.15) is 11.0 Å². The Labute approximate surface area is 65.8 Å². The van der Waals surface area contributed by atoms with Gasteiger partial charge in [-0.05, 0) is 26.7 Å². The normalized spacial score (nSPS) is 10.3. The van der Waals surface area contributed by atoms with E-state index in [1.165, 1.54) is 0 Å². The first-order chi connectivity index (χ1) is 5.42. The molecule has 0 fully saturated rings. The molecule has 1 aromatic carbocycles. The van der Waals surface area contributed by atoms with E-state index in [4.69, 9.17) is 0 Å². The Bertz CT molecular complexity index is 369. The van der Waals surface area contributed by atoms with Crippen LogP contribution in [0.3, 0.4) is 0 Å². The maximum atomic E-state index is 3.93. The van der Waals surface area contributed by atoms with Crippen LogP contribution in [0.5, 0.6) is 0 Å². The van der Waals surface area contributed by atoms with E-state index in [-0.39, 0.29) is 0 Å². The molecular weight excluding hydrogens is 159 g/mol. The highest BCUT2D eigenvalue weighted by Gasteiger charge is 1.98. The maximum Gasteiger partial charge on any atom is 0.115 e. The van der Waals surface area contributed by atoms with E-state index in [1.54, 1.807) is 4.79 Å². The largest absolute Gasteiger partial charge is 0.293 e. The van der Waals surface area contributed by atoms with E-state index in [0.717, 1.165) is 11.0 Å². The van der Waals surface area contributed by atoms with Gasteiger partial charge in [0, 0.05) is 0 Å². The minimum atomic E-state index is 0.891. The molecule has 1 atom stereocenters. The minimum absolute atomic E-state index is 0.891. The van der Waals surface area contributed by atoms with Crippen LogP contribution in [0.1, 0.15) is 0 Å². The van der Waals surface area contributed by atoms with Crippen molar-refractivity contribution in [3.05, 3.63) is 24.3 Å². The number of hydrogen-bond donors (Lipinski definition) is 1. The van der Waals surface area contributed by atoms with Crippen LogP contribution in [0.15, 0.2) is 24.3 Å². The van der Waals surface area contributed by atoms with E-state index in [9.17, 15) is 0 Å². The molecule has 0 aliphatic carbocycles. The van der Waals surface area contributed by atoms with Crippen molar-refractivity contribution in [2.24, 2.45) is 0 Å². The van der Waals surface area contributed by atoms with Crippen molar-refractivity contribution in [3.63, 3.8) is 0 Å². The maximum absolute atomic E-state index is 3.93. The molecule has 5 heteroatoms. The summed E-state index contributed by atoms with van der Waals surface area (Å²) in [7, 11) is 2.37. The van der Waals surface area contributed by atoms with E-state index in [1.807, 2.05) is 24.3 Å². The third-order valence-corrected chi connectivity index (χ3v) is 1.72. The fraction of sp³-hybridized carbons (Fsp3) is 0. The molecule has 1 N–H and O–H groups in total. The molecule has 0 aliphatic rings. The summed E-state index contributed by atoms with van der Waals surface area (Å²) >= 11 is 0. The van der Waals surface area contributed by atoms with E-state index < -0.39 is 0 Å². The summed E-state index contributed by atoms with van der Waals surface area (Å²) in [6.07, 6.45) is 0. The van der Waals surface area contributed by atoms with Crippen LogP contribution in [0.2, 0.25) is 0 Å². The number of fused-ring (bicyclic) bond motifs is 1. The van der Waals surface area contributed by atoms with Crippen molar-refractivity contribution in [1.82, 2.24) is 15.1 Å². The SMILES string of the molecule is PNn1nnc2ccccc21. The zero-order valence-electron chi connectivity index (χ0n) is 5.73. The van der Waals surface area contributed by atoms with E-state index >= 15 is 0 Å². The second kappa shape index (κ2) is 2.47. The van der Waals surface area contributed by atoms with Gasteiger partial charge in [0.25, 0.3) is 0 Å². The molecule has 0 aliphatic heterocycles. The zero-order chi connectivity index (χ0) is 7.68. The predicted octanol–water partition coefficient (Wildman–Crippen LogP) is 0.765. The molecule has 0 bridgehead atoms. The standard InChI is InChI=1S/C6H7N4P/c11-9-10-6-4-2-1-3-5(6)7-8-10/h1-4,9H,11H2.